The van der Waals surface area contributed by atoms with E-state index in [1.165, 1.54) is 24.3 Å². The zero-order valence-electron chi connectivity index (χ0n) is 17.7. The molecule has 0 aliphatic carbocycles. The molecule has 1 aliphatic rings. The predicted molar refractivity (Wildman–Crippen MR) is 112 cm³/mol. The zero-order chi connectivity index (χ0) is 22.6. The van der Waals surface area contributed by atoms with Gasteiger partial charge in [-0.1, -0.05) is 12.1 Å². The smallest absolute Gasteiger partial charge is 0.339 e. The molecule has 1 fully saturated rings. The van der Waals surface area contributed by atoms with Crippen LogP contribution in [0.25, 0.3) is 0 Å². The van der Waals surface area contributed by atoms with E-state index in [9.17, 15) is 18.0 Å². The lowest BCUT2D eigenvalue weighted by atomic mass is 10.2. The van der Waals surface area contributed by atoms with Gasteiger partial charge in [0.25, 0.3) is 5.91 Å². The molecular formula is C22H25NO7S. The predicted octanol–water partition coefficient (Wildman–Crippen LogP) is 2.48. The minimum Gasteiger partial charge on any atom is -0.452 e. The van der Waals surface area contributed by atoms with Crippen LogP contribution in [-0.2, 0) is 24.4 Å². The summed E-state index contributed by atoms with van der Waals surface area (Å²) in [6.07, 6.45) is -0.0548. The van der Waals surface area contributed by atoms with Crippen molar-refractivity contribution in [2.24, 2.45) is 0 Å². The lowest BCUT2D eigenvalue weighted by Gasteiger charge is -2.30. The van der Waals surface area contributed by atoms with Crippen LogP contribution in [0.1, 0.15) is 28.4 Å². The van der Waals surface area contributed by atoms with Gasteiger partial charge in [-0.15, -0.1) is 0 Å². The van der Waals surface area contributed by atoms with E-state index in [4.69, 9.17) is 13.7 Å². The molecule has 0 radical (unpaired) electrons. The van der Waals surface area contributed by atoms with Crippen LogP contribution in [0.4, 0.5) is 0 Å². The largest absolute Gasteiger partial charge is 0.452 e. The second kappa shape index (κ2) is 9.49. The van der Waals surface area contributed by atoms with Gasteiger partial charge < -0.3 is 18.6 Å². The normalized spacial score (nSPS) is 16.6. The molecular weight excluding hydrogens is 422 g/mol. The van der Waals surface area contributed by atoms with Crippen LogP contribution in [0, 0.1) is 13.8 Å². The van der Waals surface area contributed by atoms with Crippen molar-refractivity contribution in [3.05, 3.63) is 59.2 Å². The topological polar surface area (TPSA) is 99.2 Å². The Morgan fingerprint density at radius 3 is 2.52 bits per heavy atom. The Kier molecular flexibility index (Phi) is 6.97. The van der Waals surface area contributed by atoms with Crippen molar-refractivity contribution in [3.8, 4) is 5.75 Å². The molecule has 2 aromatic rings. The van der Waals surface area contributed by atoms with Crippen LogP contribution < -0.4 is 4.18 Å². The summed E-state index contributed by atoms with van der Waals surface area (Å²) >= 11 is 0. The number of carbonyl (C=O) groups excluding carboxylic acids is 2. The zero-order valence-corrected chi connectivity index (χ0v) is 18.5. The number of amides is 1. The highest BCUT2D eigenvalue weighted by Gasteiger charge is 2.23. The fourth-order valence-corrected chi connectivity index (χ4v) is 4.39. The van der Waals surface area contributed by atoms with Gasteiger partial charge in [-0.25, -0.2) is 4.79 Å². The van der Waals surface area contributed by atoms with Crippen molar-refractivity contribution in [2.75, 3.05) is 26.3 Å². The van der Waals surface area contributed by atoms with Crippen LogP contribution in [0.3, 0.4) is 0 Å². The SMILES string of the molecule is Cc1ccc(C)c(S(=O)(=O)Oc2ccc(C(=O)OCC(=O)N3CCOC(C)C3)cc2)c1. The average molecular weight is 448 g/mol. The maximum Gasteiger partial charge on any atom is 0.339 e. The number of morpholine rings is 1. The molecule has 0 saturated carbocycles. The summed E-state index contributed by atoms with van der Waals surface area (Å²) in [6, 6.07) is 10.6. The number of esters is 1. The van der Waals surface area contributed by atoms with Crippen LogP contribution in [0.15, 0.2) is 47.4 Å². The van der Waals surface area contributed by atoms with Crippen molar-refractivity contribution in [2.45, 2.75) is 31.8 Å². The van der Waals surface area contributed by atoms with E-state index in [0.717, 1.165) is 5.56 Å². The van der Waals surface area contributed by atoms with E-state index in [-0.39, 0.29) is 34.8 Å². The van der Waals surface area contributed by atoms with Gasteiger partial charge in [0.2, 0.25) is 0 Å². The van der Waals surface area contributed by atoms with Gasteiger partial charge in [0, 0.05) is 13.1 Å². The molecule has 2 aromatic carbocycles. The first-order valence-electron chi connectivity index (χ1n) is 9.84. The van der Waals surface area contributed by atoms with E-state index >= 15 is 0 Å². The molecule has 0 spiro atoms. The summed E-state index contributed by atoms with van der Waals surface area (Å²) in [5.74, 6) is -0.905. The Hall–Kier alpha value is -2.91. The third kappa shape index (κ3) is 5.83. The fourth-order valence-electron chi connectivity index (χ4n) is 3.14. The Balaban J connectivity index is 1.60. The number of rotatable bonds is 6. The Morgan fingerprint density at radius 1 is 1.13 bits per heavy atom. The molecule has 0 aromatic heterocycles. The molecule has 0 N–H and O–H groups in total. The first kappa shape index (κ1) is 22.8. The van der Waals surface area contributed by atoms with Crippen molar-refractivity contribution < 1.29 is 31.7 Å². The highest BCUT2D eigenvalue weighted by atomic mass is 32.2. The summed E-state index contributed by atoms with van der Waals surface area (Å²) in [7, 11) is -4.01. The molecule has 0 bridgehead atoms. The highest BCUT2D eigenvalue weighted by Crippen LogP contribution is 2.23. The number of nitrogens with zero attached hydrogens (tertiary/aromatic N) is 1. The minimum absolute atomic E-state index is 0.0548. The van der Waals surface area contributed by atoms with E-state index in [1.54, 1.807) is 30.9 Å². The first-order chi connectivity index (χ1) is 14.7. The number of ether oxygens (including phenoxy) is 2. The fraction of sp³-hybridized carbons (Fsp3) is 0.364. The van der Waals surface area contributed by atoms with Gasteiger partial charge in [0.05, 0.1) is 18.3 Å². The summed E-state index contributed by atoms with van der Waals surface area (Å²) in [5.41, 5.74) is 1.55. The van der Waals surface area contributed by atoms with Crippen molar-refractivity contribution >= 4 is 22.0 Å². The van der Waals surface area contributed by atoms with Crippen molar-refractivity contribution in [1.82, 2.24) is 4.90 Å². The van der Waals surface area contributed by atoms with Gasteiger partial charge in [-0.2, -0.15) is 8.42 Å². The van der Waals surface area contributed by atoms with Crippen LogP contribution in [-0.4, -0.2) is 57.6 Å². The van der Waals surface area contributed by atoms with Gasteiger partial charge in [-0.3, -0.25) is 4.79 Å². The molecule has 166 valence electrons. The quantitative estimate of drug-likeness (QED) is 0.495. The molecule has 1 amide bonds. The average Bonchev–Trinajstić information content (AvgIpc) is 2.73. The highest BCUT2D eigenvalue weighted by molar-refractivity contribution is 7.87. The number of carbonyl (C=O) groups is 2. The lowest BCUT2D eigenvalue weighted by molar-refractivity contribution is -0.141. The Bertz CT molecular complexity index is 1060. The van der Waals surface area contributed by atoms with E-state index < -0.39 is 16.1 Å². The monoisotopic (exact) mass is 447 g/mol. The summed E-state index contributed by atoms with van der Waals surface area (Å²) in [5, 5.41) is 0. The Morgan fingerprint density at radius 2 is 1.84 bits per heavy atom. The van der Waals surface area contributed by atoms with E-state index in [1.807, 2.05) is 13.0 Å². The molecule has 1 atom stereocenters. The lowest BCUT2D eigenvalue weighted by Crippen LogP contribution is -2.46. The Labute approximate surface area is 181 Å². The summed E-state index contributed by atoms with van der Waals surface area (Å²) < 4.78 is 40.8. The molecule has 3 rings (SSSR count). The molecule has 1 saturated heterocycles. The molecule has 1 aliphatic heterocycles. The van der Waals surface area contributed by atoms with Gasteiger partial charge >= 0.3 is 16.1 Å². The van der Waals surface area contributed by atoms with Gasteiger partial charge in [0.1, 0.15) is 10.6 Å². The number of aryl methyl sites for hydroxylation is 2. The second-order valence-electron chi connectivity index (χ2n) is 7.43. The summed E-state index contributed by atoms with van der Waals surface area (Å²) in [6.45, 7) is 6.35. The summed E-state index contributed by atoms with van der Waals surface area (Å²) in [4.78, 5) is 26.1. The number of benzene rings is 2. The van der Waals surface area contributed by atoms with Gasteiger partial charge in [0.15, 0.2) is 6.61 Å². The van der Waals surface area contributed by atoms with Crippen molar-refractivity contribution in [3.63, 3.8) is 0 Å². The minimum atomic E-state index is -4.01. The van der Waals surface area contributed by atoms with E-state index in [0.29, 0.717) is 25.3 Å². The number of hydrogen-bond donors (Lipinski definition) is 0. The third-order valence-corrected chi connectivity index (χ3v) is 6.22. The van der Waals surface area contributed by atoms with Crippen LogP contribution in [0.2, 0.25) is 0 Å². The molecule has 8 nitrogen and oxygen atoms in total. The standard InChI is InChI=1S/C22H25NO7S/c1-15-4-5-16(2)20(12-15)31(26,27)30-19-8-6-18(7-9-19)22(25)29-14-21(24)23-10-11-28-17(3)13-23/h4-9,12,17H,10-11,13-14H2,1-3H3. The second-order valence-corrected chi connectivity index (χ2v) is 8.94. The van der Waals surface area contributed by atoms with Crippen molar-refractivity contribution in [1.29, 1.82) is 0 Å². The van der Waals surface area contributed by atoms with E-state index in [2.05, 4.69) is 0 Å². The number of hydrogen-bond acceptors (Lipinski definition) is 7. The molecule has 31 heavy (non-hydrogen) atoms. The molecule has 1 heterocycles. The molecule has 1 unspecified atom stereocenters. The first-order valence-corrected chi connectivity index (χ1v) is 11.2. The molecule has 9 heteroatoms. The maximum absolute atomic E-state index is 12.6. The van der Waals surface area contributed by atoms with Gasteiger partial charge in [-0.05, 0) is 62.2 Å². The van der Waals surface area contributed by atoms with Crippen LogP contribution >= 0.6 is 0 Å². The maximum atomic E-state index is 12.6. The van der Waals surface area contributed by atoms with Crippen LogP contribution in [0.5, 0.6) is 5.75 Å². The third-order valence-electron chi connectivity index (χ3n) is 4.83.